The second kappa shape index (κ2) is 5.52. The third-order valence-electron chi connectivity index (χ3n) is 2.80. The standard InChI is InChI=1S/C15H14O4/c1-3-11-9-18-15(17)13(11)14(19-10(2)16)12-7-5-4-6-8-12/h3-8,11H,1,9H2,2H3/b14-13+/t11-/m0/s1. The van der Waals surface area contributed by atoms with Crippen molar-refractivity contribution in [2.45, 2.75) is 6.92 Å². The lowest BCUT2D eigenvalue weighted by molar-refractivity contribution is -0.135. The number of carbonyl (C=O) groups is 2. The van der Waals surface area contributed by atoms with Gasteiger partial charge in [-0.25, -0.2) is 4.79 Å². The van der Waals surface area contributed by atoms with Crippen molar-refractivity contribution in [1.29, 1.82) is 0 Å². The summed E-state index contributed by atoms with van der Waals surface area (Å²) >= 11 is 0. The molecule has 1 aliphatic rings. The second-order valence-electron chi connectivity index (χ2n) is 4.14. The largest absolute Gasteiger partial charge is 0.461 e. The van der Waals surface area contributed by atoms with Gasteiger partial charge in [0.15, 0.2) is 0 Å². The molecule has 19 heavy (non-hydrogen) atoms. The summed E-state index contributed by atoms with van der Waals surface area (Å²) in [5, 5.41) is 0. The van der Waals surface area contributed by atoms with Crippen LogP contribution in [0.15, 0.2) is 48.6 Å². The molecular weight excluding hydrogens is 244 g/mol. The van der Waals surface area contributed by atoms with E-state index in [0.29, 0.717) is 11.1 Å². The Morgan fingerprint density at radius 2 is 2.11 bits per heavy atom. The van der Waals surface area contributed by atoms with Crippen LogP contribution >= 0.6 is 0 Å². The van der Waals surface area contributed by atoms with Gasteiger partial charge in [-0.2, -0.15) is 0 Å². The van der Waals surface area contributed by atoms with Gasteiger partial charge in [0.25, 0.3) is 0 Å². The predicted molar refractivity (Wildman–Crippen MR) is 69.8 cm³/mol. The number of hydrogen-bond donors (Lipinski definition) is 0. The lowest BCUT2D eigenvalue weighted by atomic mass is 9.98. The minimum absolute atomic E-state index is 0.231. The van der Waals surface area contributed by atoms with Gasteiger partial charge < -0.3 is 9.47 Å². The minimum atomic E-state index is -0.478. The predicted octanol–water partition coefficient (Wildman–Crippen LogP) is 2.32. The van der Waals surface area contributed by atoms with Crippen LogP contribution in [0.5, 0.6) is 0 Å². The van der Waals surface area contributed by atoms with Crippen LogP contribution in [0.1, 0.15) is 12.5 Å². The third kappa shape index (κ3) is 2.73. The molecule has 1 heterocycles. The summed E-state index contributed by atoms with van der Waals surface area (Å²) < 4.78 is 10.2. The Kier molecular flexibility index (Phi) is 3.80. The number of benzene rings is 1. The highest BCUT2D eigenvalue weighted by Crippen LogP contribution is 2.31. The SMILES string of the molecule is C=C[C@H]1COC(=O)/C1=C(/OC(C)=O)c1ccccc1. The Hall–Kier alpha value is -2.36. The molecule has 0 N–H and O–H groups in total. The number of carbonyl (C=O) groups excluding carboxylic acids is 2. The highest BCUT2D eigenvalue weighted by molar-refractivity contribution is 6.00. The van der Waals surface area contributed by atoms with E-state index in [2.05, 4.69) is 6.58 Å². The van der Waals surface area contributed by atoms with Gasteiger partial charge in [0, 0.05) is 18.4 Å². The average Bonchev–Trinajstić information content (AvgIpc) is 2.78. The van der Waals surface area contributed by atoms with Crippen LogP contribution in [-0.4, -0.2) is 18.5 Å². The lowest BCUT2D eigenvalue weighted by Gasteiger charge is -2.11. The van der Waals surface area contributed by atoms with Gasteiger partial charge in [0.1, 0.15) is 12.4 Å². The zero-order valence-electron chi connectivity index (χ0n) is 10.6. The molecule has 2 rings (SSSR count). The number of cyclic esters (lactones) is 1. The maximum Gasteiger partial charge on any atom is 0.338 e. The molecule has 0 aromatic heterocycles. The summed E-state index contributed by atoms with van der Waals surface area (Å²) in [6.07, 6.45) is 1.62. The molecule has 4 heteroatoms. The van der Waals surface area contributed by atoms with E-state index in [1.54, 1.807) is 18.2 Å². The van der Waals surface area contributed by atoms with Crippen LogP contribution in [-0.2, 0) is 19.1 Å². The van der Waals surface area contributed by atoms with Gasteiger partial charge in [-0.1, -0.05) is 36.4 Å². The van der Waals surface area contributed by atoms with Crippen LogP contribution < -0.4 is 0 Å². The minimum Gasteiger partial charge on any atom is -0.461 e. The highest BCUT2D eigenvalue weighted by Gasteiger charge is 2.33. The van der Waals surface area contributed by atoms with E-state index < -0.39 is 11.9 Å². The zero-order chi connectivity index (χ0) is 13.8. The van der Waals surface area contributed by atoms with Gasteiger partial charge in [-0.05, 0) is 0 Å². The van der Waals surface area contributed by atoms with Gasteiger partial charge in [0.2, 0.25) is 0 Å². The Morgan fingerprint density at radius 3 is 2.68 bits per heavy atom. The number of rotatable bonds is 3. The first-order valence-electron chi connectivity index (χ1n) is 5.91. The molecule has 4 nitrogen and oxygen atoms in total. The fraction of sp³-hybridized carbons (Fsp3) is 0.200. The number of ether oxygens (including phenoxy) is 2. The molecule has 0 unspecified atom stereocenters. The Balaban J connectivity index is 2.56. The van der Waals surface area contributed by atoms with Crippen LogP contribution in [0, 0.1) is 5.92 Å². The topological polar surface area (TPSA) is 52.6 Å². The van der Waals surface area contributed by atoms with Gasteiger partial charge in [-0.15, -0.1) is 6.58 Å². The van der Waals surface area contributed by atoms with Gasteiger partial charge in [-0.3, -0.25) is 4.79 Å². The number of hydrogen-bond acceptors (Lipinski definition) is 4. The number of esters is 2. The molecule has 1 fully saturated rings. The Labute approximate surface area is 111 Å². The fourth-order valence-corrected chi connectivity index (χ4v) is 1.93. The van der Waals surface area contributed by atoms with Crippen molar-refractivity contribution in [3.63, 3.8) is 0 Å². The van der Waals surface area contributed by atoms with Crippen molar-refractivity contribution in [2.75, 3.05) is 6.61 Å². The summed E-state index contributed by atoms with van der Waals surface area (Å²) in [6, 6.07) is 9.01. The summed E-state index contributed by atoms with van der Waals surface area (Å²) in [4.78, 5) is 23.1. The molecule has 0 radical (unpaired) electrons. The smallest absolute Gasteiger partial charge is 0.338 e. The molecule has 1 atom stereocenters. The molecule has 1 aliphatic heterocycles. The van der Waals surface area contributed by atoms with Crippen molar-refractivity contribution in [1.82, 2.24) is 0 Å². The van der Waals surface area contributed by atoms with E-state index >= 15 is 0 Å². The van der Waals surface area contributed by atoms with Gasteiger partial charge >= 0.3 is 11.9 Å². The van der Waals surface area contributed by atoms with Crippen LogP contribution in [0.2, 0.25) is 0 Å². The van der Waals surface area contributed by atoms with Crippen molar-refractivity contribution in [2.24, 2.45) is 5.92 Å². The van der Waals surface area contributed by atoms with Gasteiger partial charge in [0.05, 0.1) is 5.57 Å². The maximum absolute atomic E-state index is 11.8. The molecule has 0 amide bonds. The quantitative estimate of drug-likeness (QED) is 0.361. The molecule has 98 valence electrons. The van der Waals surface area contributed by atoms with E-state index in [4.69, 9.17) is 9.47 Å². The third-order valence-corrected chi connectivity index (χ3v) is 2.80. The van der Waals surface area contributed by atoms with E-state index in [9.17, 15) is 9.59 Å². The lowest BCUT2D eigenvalue weighted by Crippen LogP contribution is -2.09. The first kappa shape index (κ1) is 13.1. The summed E-state index contributed by atoms with van der Waals surface area (Å²) in [5.41, 5.74) is 1.01. The van der Waals surface area contributed by atoms with E-state index in [1.807, 2.05) is 18.2 Å². The van der Waals surface area contributed by atoms with E-state index in [-0.39, 0.29) is 18.3 Å². The summed E-state index contributed by atoms with van der Waals surface area (Å²) in [5.74, 6) is -0.957. The monoisotopic (exact) mass is 258 g/mol. The molecule has 1 aromatic carbocycles. The van der Waals surface area contributed by atoms with Crippen LogP contribution in [0.4, 0.5) is 0 Å². The Morgan fingerprint density at radius 1 is 1.42 bits per heavy atom. The van der Waals surface area contributed by atoms with E-state index in [1.165, 1.54) is 6.92 Å². The molecular formula is C15H14O4. The average molecular weight is 258 g/mol. The molecule has 0 aliphatic carbocycles. The van der Waals surface area contributed by atoms with Crippen molar-refractivity contribution >= 4 is 17.7 Å². The first-order valence-corrected chi connectivity index (χ1v) is 5.91. The van der Waals surface area contributed by atoms with E-state index in [0.717, 1.165) is 0 Å². The normalized spacial score (nSPS) is 20.7. The maximum atomic E-state index is 11.8. The molecule has 1 aromatic rings. The fourth-order valence-electron chi connectivity index (χ4n) is 1.93. The Bertz CT molecular complexity index is 543. The van der Waals surface area contributed by atoms with Crippen LogP contribution in [0.25, 0.3) is 5.76 Å². The summed E-state index contributed by atoms with van der Waals surface area (Å²) in [7, 11) is 0. The molecule has 0 bridgehead atoms. The molecule has 0 saturated carbocycles. The van der Waals surface area contributed by atoms with Crippen molar-refractivity contribution in [3.8, 4) is 0 Å². The van der Waals surface area contributed by atoms with Crippen molar-refractivity contribution < 1.29 is 19.1 Å². The highest BCUT2D eigenvalue weighted by atomic mass is 16.6. The van der Waals surface area contributed by atoms with Crippen LogP contribution in [0.3, 0.4) is 0 Å². The first-order chi connectivity index (χ1) is 9.13. The second-order valence-corrected chi connectivity index (χ2v) is 4.14. The summed E-state index contributed by atoms with van der Waals surface area (Å²) in [6.45, 7) is 5.21. The molecule has 0 spiro atoms. The zero-order valence-corrected chi connectivity index (χ0v) is 10.6. The molecule has 1 saturated heterocycles. The van der Waals surface area contributed by atoms with Crippen molar-refractivity contribution in [3.05, 3.63) is 54.1 Å².